The lowest BCUT2D eigenvalue weighted by Gasteiger charge is -2.22. The fraction of sp³-hybridized carbons (Fsp3) is 0.214. The Bertz CT molecular complexity index is 1300. The molecule has 1 N–H and O–H groups in total. The Morgan fingerprint density at radius 2 is 1.73 bits per heavy atom. The van der Waals surface area contributed by atoms with Crippen molar-refractivity contribution in [1.29, 1.82) is 5.26 Å². The van der Waals surface area contributed by atoms with E-state index < -0.39 is 0 Å². The molecule has 1 fully saturated rings. The Balaban J connectivity index is 1.39. The van der Waals surface area contributed by atoms with E-state index in [1.165, 1.54) is 12.1 Å². The Kier molecular flexibility index (Phi) is 5.68. The fourth-order valence-corrected chi connectivity index (χ4v) is 4.48. The van der Waals surface area contributed by atoms with Gasteiger partial charge in [0.1, 0.15) is 0 Å². The fourth-order valence-electron chi connectivity index (χ4n) is 4.48. The highest BCUT2D eigenvalue weighted by molar-refractivity contribution is 5.95. The summed E-state index contributed by atoms with van der Waals surface area (Å²) in [5, 5.41) is 13.7. The number of fused-ring (bicyclic) bond motifs is 1. The minimum atomic E-state index is 0.622. The molecule has 1 unspecified atom stereocenters. The maximum absolute atomic E-state index is 9.06. The second-order valence-corrected chi connectivity index (χ2v) is 8.80. The molecule has 1 atom stereocenters. The molecule has 33 heavy (non-hydrogen) atoms. The van der Waals surface area contributed by atoms with Crippen molar-refractivity contribution in [2.75, 3.05) is 37.4 Å². The van der Waals surface area contributed by atoms with E-state index in [0.29, 0.717) is 11.6 Å². The zero-order valence-electron chi connectivity index (χ0n) is 19.0. The van der Waals surface area contributed by atoms with Crippen molar-refractivity contribution in [3.05, 3.63) is 84.6 Å². The lowest BCUT2D eigenvalue weighted by Crippen LogP contribution is -2.31. The van der Waals surface area contributed by atoms with E-state index in [0.717, 1.165) is 46.5 Å². The van der Waals surface area contributed by atoms with Crippen molar-refractivity contribution < 1.29 is 0 Å². The molecule has 5 heteroatoms. The molecule has 0 bridgehead atoms. The number of aromatic nitrogens is 1. The third-order valence-electron chi connectivity index (χ3n) is 6.49. The number of likely N-dealkylation sites (N-methyl/N-ethyl adjacent to an activating group) is 1. The number of anilines is 3. The van der Waals surface area contributed by atoms with Crippen LogP contribution in [0.3, 0.4) is 0 Å². The first kappa shape index (κ1) is 21.0. The second kappa shape index (κ2) is 8.93. The molecule has 1 saturated heterocycles. The maximum Gasteiger partial charge on any atom is 0.0991 e. The first-order valence-corrected chi connectivity index (χ1v) is 11.3. The molecule has 1 aliphatic rings. The lowest BCUT2D eigenvalue weighted by molar-refractivity contribution is 0.315. The van der Waals surface area contributed by atoms with E-state index in [-0.39, 0.29) is 0 Å². The van der Waals surface area contributed by atoms with Crippen molar-refractivity contribution in [3.8, 4) is 17.2 Å². The Morgan fingerprint density at radius 3 is 2.42 bits per heavy atom. The number of benzene rings is 3. The van der Waals surface area contributed by atoms with Gasteiger partial charge in [0.25, 0.3) is 0 Å². The highest BCUT2D eigenvalue weighted by atomic mass is 15.2. The van der Waals surface area contributed by atoms with Gasteiger partial charge in [-0.05, 0) is 86.2 Å². The molecule has 164 valence electrons. The van der Waals surface area contributed by atoms with Crippen LogP contribution in [-0.2, 0) is 0 Å². The van der Waals surface area contributed by atoms with E-state index in [4.69, 9.17) is 5.26 Å². The molecule has 5 nitrogen and oxygen atoms in total. The third-order valence-corrected chi connectivity index (χ3v) is 6.49. The number of pyridine rings is 1. The smallest absolute Gasteiger partial charge is 0.0991 e. The zero-order valence-corrected chi connectivity index (χ0v) is 19.0. The summed E-state index contributed by atoms with van der Waals surface area (Å²) in [5.41, 5.74) is 7.14. The SMILES string of the molecule is CN(C)C1CCN(c2ccc(Nc3ccnc4ccc(-c5ccc(C#N)cc5)cc34)cc2)C1. The summed E-state index contributed by atoms with van der Waals surface area (Å²) < 4.78 is 0. The van der Waals surface area contributed by atoms with Crippen molar-refractivity contribution in [1.82, 2.24) is 9.88 Å². The van der Waals surface area contributed by atoms with Gasteiger partial charge in [0.15, 0.2) is 0 Å². The predicted octanol–water partition coefficient (Wildman–Crippen LogP) is 5.66. The molecule has 0 aliphatic carbocycles. The topological polar surface area (TPSA) is 55.2 Å². The normalized spacial score (nSPS) is 15.7. The first-order chi connectivity index (χ1) is 16.1. The van der Waals surface area contributed by atoms with Crippen LogP contribution in [-0.4, -0.2) is 43.1 Å². The van der Waals surface area contributed by atoms with Gasteiger partial charge in [0.2, 0.25) is 0 Å². The third kappa shape index (κ3) is 4.39. The Morgan fingerprint density at radius 1 is 0.970 bits per heavy atom. The van der Waals surface area contributed by atoms with Crippen LogP contribution < -0.4 is 10.2 Å². The van der Waals surface area contributed by atoms with Crippen LogP contribution in [0.15, 0.2) is 79.0 Å². The number of rotatable bonds is 5. The molecule has 1 aliphatic heterocycles. The van der Waals surface area contributed by atoms with Crippen LogP contribution in [0, 0.1) is 11.3 Å². The van der Waals surface area contributed by atoms with Crippen molar-refractivity contribution >= 4 is 28.0 Å². The number of nitriles is 1. The maximum atomic E-state index is 9.06. The van der Waals surface area contributed by atoms with E-state index in [1.807, 2.05) is 42.6 Å². The Labute approximate surface area is 194 Å². The van der Waals surface area contributed by atoms with Crippen LogP contribution in [0.25, 0.3) is 22.0 Å². The van der Waals surface area contributed by atoms with Crippen LogP contribution >= 0.6 is 0 Å². The summed E-state index contributed by atoms with van der Waals surface area (Å²) in [6.45, 7) is 2.18. The number of hydrogen-bond acceptors (Lipinski definition) is 5. The van der Waals surface area contributed by atoms with E-state index in [9.17, 15) is 0 Å². The van der Waals surface area contributed by atoms with Crippen LogP contribution in [0.4, 0.5) is 17.1 Å². The summed E-state index contributed by atoms with van der Waals surface area (Å²) in [4.78, 5) is 9.31. The van der Waals surface area contributed by atoms with Gasteiger partial charge in [-0.2, -0.15) is 5.26 Å². The predicted molar refractivity (Wildman–Crippen MR) is 136 cm³/mol. The molecule has 0 spiro atoms. The number of hydrogen-bond donors (Lipinski definition) is 1. The molecule has 4 aromatic rings. The molecule has 5 rings (SSSR count). The molecule has 0 saturated carbocycles. The van der Waals surface area contributed by atoms with E-state index in [1.54, 1.807) is 0 Å². The molecule has 3 aromatic carbocycles. The van der Waals surface area contributed by atoms with Gasteiger partial charge in [-0.15, -0.1) is 0 Å². The molecular formula is C28H27N5. The average molecular weight is 434 g/mol. The quantitative estimate of drug-likeness (QED) is 0.440. The van der Waals surface area contributed by atoms with Crippen LogP contribution in [0.2, 0.25) is 0 Å². The van der Waals surface area contributed by atoms with Gasteiger partial charge in [-0.1, -0.05) is 18.2 Å². The highest BCUT2D eigenvalue weighted by Gasteiger charge is 2.23. The number of nitrogens with zero attached hydrogens (tertiary/aromatic N) is 4. The molecule has 2 heterocycles. The molecular weight excluding hydrogens is 406 g/mol. The standard InChI is InChI=1S/C28H27N5/c1-32(2)25-14-16-33(19-25)24-10-8-23(9-11-24)31-28-13-15-30-27-12-7-22(17-26(27)28)21-5-3-20(18-29)4-6-21/h3-13,15,17,25H,14,16,19H2,1-2H3,(H,30,31). The van der Waals surface area contributed by atoms with Crippen molar-refractivity contribution in [3.63, 3.8) is 0 Å². The van der Waals surface area contributed by atoms with E-state index >= 15 is 0 Å². The highest BCUT2D eigenvalue weighted by Crippen LogP contribution is 2.31. The van der Waals surface area contributed by atoms with Gasteiger partial charge < -0.3 is 15.1 Å². The summed E-state index contributed by atoms with van der Waals surface area (Å²) in [5.74, 6) is 0. The molecule has 0 amide bonds. The number of nitrogens with one attached hydrogen (secondary N) is 1. The largest absolute Gasteiger partial charge is 0.370 e. The van der Waals surface area contributed by atoms with Crippen LogP contribution in [0.1, 0.15) is 12.0 Å². The van der Waals surface area contributed by atoms with Crippen molar-refractivity contribution in [2.45, 2.75) is 12.5 Å². The Hall–Kier alpha value is -3.88. The van der Waals surface area contributed by atoms with Gasteiger partial charge >= 0.3 is 0 Å². The molecule has 0 radical (unpaired) electrons. The van der Waals surface area contributed by atoms with Gasteiger partial charge in [-0.25, -0.2) is 0 Å². The van der Waals surface area contributed by atoms with Crippen molar-refractivity contribution in [2.24, 2.45) is 0 Å². The van der Waals surface area contributed by atoms with E-state index in [2.05, 4.69) is 76.7 Å². The summed E-state index contributed by atoms with van der Waals surface area (Å²) in [6.07, 6.45) is 3.05. The monoisotopic (exact) mass is 433 g/mol. The summed E-state index contributed by atoms with van der Waals surface area (Å²) in [7, 11) is 4.32. The first-order valence-electron chi connectivity index (χ1n) is 11.3. The van der Waals surface area contributed by atoms with Gasteiger partial charge in [0.05, 0.1) is 17.1 Å². The second-order valence-electron chi connectivity index (χ2n) is 8.80. The zero-order chi connectivity index (χ0) is 22.8. The molecule has 1 aromatic heterocycles. The summed E-state index contributed by atoms with van der Waals surface area (Å²) in [6, 6.07) is 27.5. The van der Waals surface area contributed by atoms with Gasteiger partial charge in [-0.3, -0.25) is 4.98 Å². The van der Waals surface area contributed by atoms with Crippen LogP contribution in [0.5, 0.6) is 0 Å². The lowest BCUT2D eigenvalue weighted by atomic mass is 10.0. The minimum absolute atomic E-state index is 0.622. The average Bonchev–Trinajstić information content (AvgIpc) is 3.35. The van der Waals surface area contributed by atoms with Gasteiger partial charge in [0, 0.05) is 47.8 Å². The minimum Gasteiger partial charge on any atom is -0.370 e. The summed E-state index contributed by atoms with van der Waals surface area (Å²) >= 11 is 0.